The Morgan fingerprint density at radius 3 is 2.07 bits per heavy atom. The Hall–Kier alpha value is -0.930. The van der Waals surface area contributed by atoms with Gasteiger partial charge in [-0.15, -0.1) is 0 Å². The van der Waals surface area contributed by atoms with Crippen LogP contribution in [0.2, 0.25) is 0 Å². The third-order valence-corrected chi connectivity index (χ3v) is 4.46. The molecule has 0 bridgehead atoms. The second kappa shape index (κ2) is 9.52. The SMILES string of the molecule is CO[C@H]1O[C@H](COC(C)=O)[C@@H](O)[C@H](O[C@@H]2O[C@H](CO)[C@H](O)[C@H](O)[C@H]2O)[C@H]1O. The van der Waals surface area contributed by atoms with E-state index in [4.69, 9.17) is 23.7 Å². The van der Waals surface area contributed by atoms with E-state index in [-0.39, 0.29) is 6.61 Å². The largest absolute Gasteiger partial charge is 0.463 e. The van der Waals surface area contributed by atoms with E-state index in [2.05, 4.69) is 0 Å². The highest BCUT2D eigenvalue weighted by Gasteiger charge is 2.50. The van der Waals surface area contributed by atoms with Gasteiger partial charge < -0.3 is 54.3 Å². The Bertz CT molecular complexity index is 487. The second-order valence-corrected chi connectivity index (χ2v) is 6.36. The van der Waals surface area contributed by atoms with Gasteiger partial charge in [-0.3, -0.25) is 4.79 Å². The minimum atomic E-state index is -1.72. The fourth-order valence-corrected chi connectivity index (χ4v) is 2.93. The smallest absolute Gasteiger partial charge is 0.302 e. The summed E-state index contributed by atoms with van der Waals surface area (Å²) in [6, 6.07) is 0. The molecule has 0 spiro atoms. The van der Waals surface area contributed by atoms with E-state index in [1.165, 1.54) is 14.0 Å². The molecule has 0 aromatic heterocycles. The van der Waals surface area contributed by atoms with Crippen LogP contribution in [0, 0.1) is 0 Å². The van der Waals surface area contributed by atoms with Crippen molar-refractivity contribution in [2.75, 3.05) is 20.3 Å². The Balaban J connectivity index is 2.14. The van der Waals surface area contributed by atoms with Crippen molar-refractivity contribution in [1.29, 1.82) is 0 Å². The summed E-state index contributed by atoms with van der Waals surface area (Å²) in [6.07, 6.45) is -14.6. The van der Waals surface area contributed by atoms with Gasteiger partial charge in [0.05, 0.1) is 6.61 Å². The van der Waals surface area contributed by atoms with Gasteiger partial charge in [-0.2, -0.15) is 0 Å². The molecule has 2 fully saturated rings. The Morgan fingerprint density at radius 1 is 0.889 bits per heavy atom. The van der Waals surface area contributed by atoms with Crippen LogP contribution < -0.4 is 0 Å². The summed E-state index contributed by atoms with van der Waals surface area (Å²) >= 11 is 0. The van der Waals surface area contributed by atoms with Gasteiger partial charge in [-0.1, -0.05) is 0 Å². The van der Waals surface area contributed by atoms with E-state index in [0.717, 1.165) is 0 Å². The van der Waals surface area contributed by atoms with Crippen LogP contribution in [0.4, 0.5) is 0 Å². The highest BCUT2D eigenvalue weighted by atomic mass is 16.7. The maximum absolute atomic E-state index is 11.0. The van der Waals surface area contributed by atoms with Crippen molar-refractivity contribution in [3.8, 4) is 0 Å². The van der Waals surface area contributed by atoms with Crippen molar-refractivity contribution >= 4 is 5.97 Å². The molecule has 0 amide bonds. The van der Waals surface area contributed by atoms with Crippen LogP contribution in [0.1, 0.15) is 6.92 Å². The predicted molar refractivity (Wildman–Crippen MR) is 83.0 cm³/mol. The number of carbonyl (C=O) groups excluding carboxylic acids is 1. The van der Waals surface area contributed by atoms with Crippen LogP contribution in [0.3, 0.4) is 0 Å². The van der Waals surface area contributed by atoms with E-state index < -0.39 is 74.0 Å². The summed E-state index contributed by atoms with van der Waals surface area (Å²) in [4.78, 5) is 11.0. The van der Waals surface area contributed by atoms with E-state index in [1.54, 1.807) is 0 Å². The van der Waals surface area contributed by atoms with Crippen molar-refractivity contribution in [3.05, 3.63) is 0 Å². The molecule has 158 valence electrons. The van der Waals surface area contributed by atoms with E-state index >= 15 is 0 Å². The number of aliphatic hydroxyl groups is 6. The predicted octanol–water partition coefficient (Wildman–Crippen LogP) is -4.17. The highest BCUT2D eigenvalue weighted by Crippen LogP contribution is 2.29. The fourth-order valence-electron chi connectivity index (χ4n) is 2.93. The molecule has 2 aliphatic heterocycles. The van der Waals surface area contributed by atoms with Crippen molar-refractivity contribution in [2.45, 2.75) is 68.3 Å². The van der Waals surface area contributed by atoms with Gasteiger partial charge in [0, 0.05) is 14.0 Å². The average Bonchev–Trinajstić information content (AvgIpc) is 2.64. The Morgan fingerprint density at radius 2 is 1.52 bits per heavy atom. The lowest BCUT2D eigenvalue weighted by Crippen LogP contribution is -2.64. The summed E-state index contributed by atoms with van der Waals surface area (Å²) in [6.45, 7) is 0.150. The molecule has 2 saturated heterocycles. The maximum atomic E-state index is 11.0. The van der Waals surface area contributed by atoms with E-state index in [9.17, 15) is 35.4 Å². The zero-order chi connectivity index (χ0) is 20.3. The number of hydrogen-bond donors (Lipinski definition) is 6. The normalized spacial score (nSPS) is 45.5. The van der Waals surface area contributed by atoms with Gasteiger partial charge in [-0.25, -0.2) is 0 Å². The van der Waals surface area contributed by atoms with E-state index in [1.807, 2.05) is 0 Å². The zero-order valence-corrected chi connectivity index (χ0v) is 14.8. The first-order chi connectivity index (χ1) is 12.7. The highest BCUT2D eigenvalue weighted by molar-refractivity contribution is 5.65. The maximum Gasteiger partial charge on any atom is 0.302 e. The minimum Gasteiger partial charge on any atom is -0.463 e. The average molecular weight is 398 g/mol. The minimum absolute atomic E-state index is 0.350. The summed E-state index contributed by atoms with van der Waals surface area (Å²) in [5.41, 5.74) is 0. The van der Waals surface area contributed by atoms with Gasteiger partial charge in [0.25, 0.3) is 0 Å². The van der Waals surface area contributed by atoms with Crippen LogP contribution in [-0.4, -0.2) is 118 Å². The van der Waals surface area contributed by atoms with Gasteiger partial charge >= 0.3 is 5.97 Å². The summed E-state index contributed by atoms with van der Waals surface area (Å²) < 4.78 is 25.8. The molecular formula is C15H26O12. The molecule has 0 unspecified atom stereocenters. The number of carbonyl (C=O) groups is 1. The van der Waals surface area contributed by atoms with Gasteiger partial charge in [0.1, 0.15) is 55.4 Å². The first-order valence-electron chi connectivity index (χ1n) is 8.35. The van der Waals surface area contributed by atoms with Crippen LogP contribution in [0.5, 0.6) is 0 Å². The molecule has 10 atom stereocenters. The molecule has 2 rings (SSSR count). The standard InChI is InChI=1S/C15H26O12/c1-5(17)24-4-7-9(19)13(12(22)14(23-2)26-7)27-15-11(21)10(20)8(18)6(3-16)25-15/h6-16,18-22H,3-4H2,1-2H3/t6-,7-,8+,9-,10+,11-,12-,13+,14+,15+/m1/s1. The Kier molecular flexibility index (Phi) is 7.88. The molecule has 6 N–H and O–H groups in total. The summed E-state index contributed by atoms with van der Waals surface area (Å²) in [5, 5.41) is 59.6. The molecule has 0 aromatic carbocycles. The number of methoxy groups -OCH3 is 1. The molecule has 0 aliphatic carbocycles. The third kappa shape index (κ3) is 4.92. The summed E-state index contributed by atoms with van der Waals surface area (Å²) in [7, 11) is 1.24. The van der Waals surface area contributed by atoms with Crippen LogP contribution in [0.15, 0.2) is 0 Å². The molecule has 2 heterocycles. The Labute approximate surface area is 154 Å². The van der Waals surface area contributed by atoms with E-state index in [0.29, 0.717) is 0 Å². The van der Waals surface area contributed by atoms with Crippen molar-refractivity contribution in [1.82, 2.24) is 0 Å². The molecule has 0 aromatic rings. The van der Waals surface area contributed by atoms with Crippen LogP contribution >= 0.6 is 0 Å². The molecule has 2 aliphatic rings. The zero-order valence-electron chi connectivity index (χ0n) is 14.8. The first kappa shape index (κ1) is 22.4. The molecule has 12 heteroatoms. The topological polar surface area (TPSA) is 185 Å². The summed E-state index contributed by atoms with van der Waals surface area (Å²) in [5.74, 6) is -0.614. The quantitative estimate of drug-likeness (QED) is 0.238. The third-order valence-electron chi connectivity index (χ3n) is 4.46. The molecule has 12 nitrogen and oxygen atoms in total. The lowest BCUT2D eigenvalue weighted by Gasteiger charge is -2.45. The second-order valence-electron chi connectivity index (χ2n) is 6.36. The van der Waals surface area contributed by atoms with Crippen LogP contribution in [0.25, 0.3) is 0 Å². The van der Waals surface area contributed by atoms with Crippen LogP contribution in [-0.2, 0) is 28.5 Å². The van der Waals surface area contributed by atoms with Gasteiger partial charge in [-0.05, 0) is 0 Å². The van der Waals surface area contributed by atoms with Crippen molar-refractivity contribution < 1.29 is 59.1 Å². The monoisotopic (exact) mass is 398 g/mol. The lowest BCUT2D eigenvalue weighted by atomic mass is 9.97. The number of ether oxygens (including phenoxy) is 5. The van der Waals surface area contributed by atoms with Gasteiger partial charge in [0.2, 0.25) is 0 Å². The number of esters is 1. The molecule has 0 saturated carbocycles. The van der Waals surface area contributed by atoms with Crippen molar-refractivity contribution in [3.63, 3.8) is 0 Å². The number of rotatable bonds is 6. The molecule has 0 radical (unpaired) electrons. The molecule has 27 heavy (non-hydrogen) atoms. The van der Waals surface area contributed by atoms with Gasteiger partial charge in [0.15, 0.2) is 12.6 Å². The van der Waals surface area contributed by atoms with Crippen molar-refractivity contribution in [2.24, 2.45) is 0 Å². The number of hydrogen-bond acceptors (Lipinski definition) is 12. The fraction of sp³-hybridized carbons (Fsp3) is 0.933. The lowest BCUT2D eigenvalue weighted by molar-refractivity contribution is -0.358. The molecular weight excluding hydrogens is 372 g/mol. The number of aliphatic hydroxyl groups excluding tert-OH is 6. The first-order valence-corrected chi connectivity index (χ1v) is 8.35.